The highest BCUT2D eigenvalue weighted by molar-refractivity contribution is 5.76. The minimum atomic E-state index is -0.875. The number of hydrogen-bond acceptors (Lipinski definition) is 4. The van der Waals surface area contributed by atoms with Gasteiger partial charge in [-0.15, -0.1) is 0 Å². The van der Waals surface area contributed by atoms with E-state index in [4.69, 9.17) is 9.47 Å². The largest absolute Gasteiger partial charge is 0.497 e. The summed E-state index contributed by atoms with van der Waals surface area (Å²) in [7, 11) is 3.11. The van der Waals surface area contributed by atoms with Gasteiger partial charge in [-0.1, -0.05) is 45.0 Å². The highest BCUT2D eigenvalue weighted by Gasteiger charge is 2.16. The smallest absolute Gasteiger partial charge is 0.220 e. The van der Waals surface area contributed by atoms with Crippen molar-refractivity contribution in [2.75, 3.05) is 20.8 Å². The second-order valence-corrected chi connectivity index (χ2v) is 7.87. The highest BCUT2D eigenvalue weighted by Crippen LogP contribution is 2.29. The quantitative estimate of drug-likeness (QED) is 0.726. The van der Waals surface area contributed by atoms with Gasteiger partial charge in [0.2, 0.25) is 5.91 Å². The van der Waals surface area contributed by atoms with E-state index in [2.05, 4.69) is 50.4 Å². The normalized spacial score (nSPS) is 12.4. The van der Waals surface area contributed by atoms with Crippen molar-refractivity contribution < 1.29 is 19.4 Å². The highest BCUT2D eigenvalue weighted by atomic mass is 16.5. The van der Waals surface area contributed by atoms with Gasteiger partial charge in [0.15, 0.2) is 0 Å². The van der Waals surface area contributed by atoms with E-state index >= 15 is 0 Å². The standard InChI is InChI=1S/C23H31NO4/c1-23(2,3)17-9-6-16(7-10-17)8-13-22(26)24-15-20(25)19-14-18(27-4)11-12-21(19)28-5/h6-7,9-12,14,20,25H,8,13,15H2,1-5H3,(H,24,26). The average molecular weight is 386 g/mol. The zero-order chi connectivity index (χ0) is 20.7. The molecule has 0 bridgehead atoms. The zero-order valence-electron chi connectivity index (χ0n) is 17.4. The van der Waals surface area contributed by atoms with E-state index in [1.807, 2.05) is 0 Å². The second kappa shape index (κ2) is 9.60. The third-order valence-electron chi connectivity index (χ3n) is 4.75. The first kappa shape index (κ1) is 21.8. The summed E-state index contributed by atoms with van der Waals surface area (Å²) in [5, 5.41) is 13.2. The van der Waals surface area contributed by atoms with Gasteiger partial charge in [0.05, 0.1) is 20.3 Å². The molecule has 5 heteroatoms. The summed E-state index contributed by atoms with van der Waals surface area (Å²) in [5.74, 6) is 1.09. The Kier molecular flexibility index (Phi) is 7.46. The van der Waals surface area contributed by atoms with E-state index < -0.39 is 6.10 Å². The Hall–Kier alpha value is -2.53. The van der Waals surface area contributed by atoms with Gasteiger partial charge in [-0.25, -0.2) is 0 Å². The van der Waals surface area contributed by atoms with Crippen molar-refractivity contribution in [2.24, 2.45) is 0 Å². The first-order valence-electron chi connectivity index (χ1n) is 9.50. The van der Waals surface area contributed by atoms with E-state index in [-0.39, 0.29) is 17.9 Å². The van der Waals surface area contributed by atoms with Crippen LogP contribution in [0.1, 0.15) is 50.0 Å². The molecule has 0 saturated heterocycles. The molecule has 0 aliphatic heterocycles. The summed E-state index contributed by atoms with van der Waals surface area (Å²) < 4.78 is 10.5. The monoisotopic (exact) mass is 385 g/mol. The summed E-state index contributed by atoms with van der Waals surface area (Å²) in [6.07, 6.45) is 0.158. The lowest BCUT2D eigenvalue weighted by atomic mass is 9.86. The SMILES string of the molecule is COc1ccc(OC)c(C(O)CNC(=O)CCc2ccc(C(C)(C)C)cc2)c1. The lowest BCUT2D eigenvalue weighted by molar-refractivity contribution is -0.121. The molecular formula is C23H31NO4. The van der Waals surface area contributed by atoms with Crippen LogP contribution in [0.4, 0.5) is 0 Å². The van der Waals surface area contributed by atoms with Crippen molar-refractivity contribution in [3.8, 4) is 11.5 Å². The van der Waals surface area contributed by atoms with Crippen LogP contribution in [0.15, 0.2) is 42.5 Å². The number of rotatable bonds is 8. The molecule has 2 N–H and O–H groups in total. The van der Waals surface area contributed by atoms with E-state index in [0.717, 1.165) is 5.56 Å². The number of aryl methyl sites for hydroxylation is 1. The zero-order valence-corrected chi connectivity index (χ0v) is 17.4. The molecule has 0 heterocycles. The Morgan fingerprint density at radius 2 is 1.75 bits per heavy atom. The molecule has 2 rings (SSSR count). The van der Waals surface area contributed by atoms with Crippen LogP contribution < -0.4 is 14.8 Å². The molecule has 0 radical (unpaired) electrons. The fraction of sp³-hybridized carbons (Fsp3) is 0.435. The predicted molar refractivity (Wildman–Crippen MR) is 111 cm³/mol. The number of ether oxygens (including phenoxy) is 2. The molecule has 0 fully saturated rings. The fourth-order valence-corrected chi connectivity index (χ4v) is 2.94. The molecule has 2 aromatic rings. The number of aliphatic hydroxyl groups is 1. The summed E-state index contributed by atoms with van der Waals surface area (Å²) in [6, 6.07) is 13.6. The van der Waals surface area contributed by atoms with Gasteiger partial charge in [0, 0.05) is 18.5 Å². The Bertz CT molecular complexity index is 778. The average Bonchev–Trinajstić information content (AvgIpc) is 2.69. The minimum absolute atomic E-state index is 0.0965. The molecule has 1 atom stereocenters. The molecule has 28 heavy (non-hydrogen) atoms. The number of carbonyl (C=O) groups is 1. The molecule has 0 aliphatic rings. The van der Waals surface area contributed by atoms with E-state index in [9.17, 15) is 9.90 Å². The number of hydrogen-bond donors (Lipinski definition) is 2. The van der Waals surface area contributed by atoms with Crippen LogP contribution in [0.25, 0.3) is 0 Å². The molecule has 1 unspecified atom stereocenters. The first-order valence-corrected chi connectivity index (χ1v) is 9.50. The van der Waals surface area contributed by atoms with Crippen LogP contribution in [0.2, 0.25) is 0 Å². The number of nitrogens with one attached hydrogen (secondary N) is 1. The molecule has 152 valence electrons. The van der Waals surface area contributed by atoms with Crippen molar-refractivity contribution in [3.05, 3.63) is 59.2 Å². The fourth-order valence-electron chi connectivity index (χ4n) is 2.94. The van der Waals surface area contributed by atoms with E-state index in [1.54, 1.807) is 32.4 Å². The van der Waals surface area contributed by atoms with Crippen LogP contribution in [-0.4, -0.2) is 31.8 Å². The van der Waals surface area contributed by atoms with Crippen LogP contribution in [0, 0.1) is 0 Å². The molecule has 0 aliphatic carbocycles. The molecule has 0 saturated carbocycles. The van der Waals surface area contributed by atoms with Crippen molar-refractivity contribution >= 4 is 5.91 Å². The van der Waals surface area contributed by atoms with Crippen LogP contribution in [0.5, 0.6) is 11.5 Å². The van der Waals surface area contributed by atoms with Crippen LogP contribution in [-0.2, 0) is 16.6 Å². The molecule has 1 amide bonds. The second-order valence-electron chi connectivity index (χ2n) is 7.87. The lowest BCUT2D eigenvalue weighted by Gasteiger charge is -2.19. The van der Waals surface area contributed by atoms with E-state index in [1.165, 1.54) is 5.56 Å². The van der Waals surface area contributed by atoms with Gasteiger partial charge in [0.1, 0.15) is 11.5 Å². The molecule has 2 aromatic carbocycles. The predicted octanol–water partition coefficient (Wildman–Crippen LogP) is 3.78. The molecule has 5 nitrogen and oxygen atoms in total. The van der Waals surface area contributed by atoms with Crippen molar-refractivity contribution in [2.45, 2.75) is 45.1 Å². The topological polar surface area (TPSA) is 67.8 Å². The Balaban J connectivity index is 1.87. The van der Waals surface area contributed by atoms with Gasteiger partial charge >= 0.3 is 0 Å². The minimum Gasteiger partial charge on any atom is -0.497 e. The number of benzene rings is 2. The van der Waals surface area contributed by atoms with Gasteiger partial charge in [-0.05, 0) is 41.2 Å². The third-order valence-corrected chi connectivity index (χ3v) is 4.75. The number of carbonyl (C=O) groups excluding carboxylic acids is 1. The maximum absolute atomic E-state index is 12.2. The van der Waals surface area contributed by atoms with Gasteiger partial charge < -0.3 is 19.9 Å². The summed E-state index contributed by atoms with van der Waals surface area (Å²) in [5.41, 5.74) is 3.10. The van der Waals surface area contributed by atoms with Crippen LogP contribution in [0.3, 0.4) is 0 Å². The Morgan fingerprint density at radius 3 is 2.32 bits per heavy atom. The summed E-state index contributed by atoms with van der Waals surface area (Å²) in [4.78, 5) is 12.2. The lowest BCUT2D eigenvalue weighted by Crippen LogP contribution is -2.28. The first-order chi connectivity index (χ1) is 13.2. The summed E-state index contributed by atoms with van der Waals surface area (Å²) in [6.45, 7) is 6.65. The van der Waals surface area contributed by atoms with Gasteiger partial charge in [-0.3, -0.25) is 4.79 Å². The summed E-state index contributed by atoms with van der Waals surface area (Å²) >= 11 is 0. The maximum atomic E-state index is 12.2. The maximum Gasteiger partial charge on any atom is 0.220 e. The van der Waals surface area contributed by atoms with Gasteiger partial charge in [-0.2, -0.15) is 0 Å². The van der Waals surface area contributed by atoms with Gasteiger partial charge in [0.25, 0.3) is 0 Å². The van der Waals surface area contributed by atoms with Crippen molar-refractivity contribution in [1.82, 2.24) is 5.32 Å². The van der Waals surface area contributed by atoms with E-state index in [0.29, 0.717) is 29.9 Å². The molecule has 0 spiro atoms. The number of aliphatic hydroxyl groups excluding tert-OH is 1. The molecule has 0 aromatic heterocycles. The number of methoxy groups -OCH3 is 2. The third kappa shape index (κ3) is 5.99. The Labute approximate surface area is 167 Å². The van der Waals surface area contributed by atoms with Crippen molar-refractivity contribution in [1.29, 1.82) is 0 Å². The molecular weight excluding hydrogens is 354 g/mol. The Morgan fingerprint density at radius 1 is 1.07 bits per heavy atom. The number of amides is 1. The van der Waals surface area contributed by atoms with Crippen molar-refractivity contribution in [3.63, 3.8) is 0 Å². The van der Waals surface area contributed by atoms with Crippen LogP contribution >= 0.6 is 0 Å².